The van der Waals surface area contributed by atoms with Crippen LogP contribution in [0.3, 0.4) is 0 Å². The van der Waals surface area contributed by atoms with Gasteiger partial charge in [-0.25, -0.2) is 9.59 Å². The maximum atomic E-state index is 12.8. The second-order valence-corrected chi connectivity index (χ2v) is 13.1. The van der Waals surface area contributed by atoms with Crippen LogP contribution in [0.5, 0.6) is 17.2 Å². The summed E-state index contributed by atoms with van der Waals surface area (Å²) in [5, 5.41) is 9.65. The molecule has 0 bridgehead atoms. The number of hydrogen-bond donors (Lipinski definition) is 0. The number of nitrogens with zero attached hydrogens (tertiary/aromatic N) is 1. The molecule has 0 fully saturated rings. The summed E-state index contributed by atoms with van der Waals surface area (Å²) in [7, 11) is 0. The third-order valence-corrected chi connectivity index (χ3v) is 8.72. The van der Waals surface area contributed by atoms with Crippen LogP contribution in [0, 0.1) is 11.3 Å². The number of hydrogen-bond acceptors (Lipinski definition) is 7. The van der Waals surface area contributed by atoms with Crippen molar-refractivity contribution in [1.29, 1.82) is 5.26 Å². The number of nitriles is 1. The summed E-state index contributed by atoms with van der Waals surface area (Å²) in [6.07, 6.45) is 19.3. The SMILES string of the molecule is CCCCCCCCCCCCOc1ccc(/C=C(\C#N)C(=O)Oc2ccc(-c3ccc(OC(=O)C(C)OCCCCCCC)cc3)cc2)cc1. The van der Waals surface area contributed by atoms with E-state index in [1.807, 2.05) is 54.6 Å². The number of rotatable bonds is 25. The van der Waals surface area contributed by atoms with Crippen molar-refractivity contribution in [3.8, 4) is 34.4 Å². The van der Waals surface area contributed by atoms with E-state index >= 15 is 0 Å². The van der Waals surface area contributed by atoms with E-state index in [1.54, 1.807) is 31.2 Å². The minimum Gasteiger partial charge on any atom is -0.494 e. The van der Waals surface area contributed by atoms with Crippen LogP contribution in [0.25, 0.3) is 17.2 Å². The van der Waals surface area contributed by atoms with Crippen LogP contribution in [0.4, 0.5) is 0 Å². The van der Waals surface area contributed by atoms with Crippen molar-refractivity contribution in [2.24, 2.45) is 0 Å². The van der Waals surface area contributed by atoms with E-state index < -0.39 is 18.0 Å². The third-order valence-electron chi connectivity index (χ3n) is 8.72. The van der Waals surface area contributed by atoms with Crippen molar-refractivity contribution in [3.63, 3.8) is 0 Å². The molecule has 0 heterocycles. The van der Waals surface area contributed by atoms with E-state index in [0.717, 1.165) is 36.1 Å². The molecule has 274 valence electrons. The Hall–Kier alpha value is -4.41. The summed E-state index contributed by atoms with van der Waals surface area (Å²) < 4.78 is 22.5. The summed E-state index contributed by atoms with van der Waals surface area (Å²) in [6.45, 7) is 7.36. The zero-order valence-corrected chi connectivity index (χ0v) is 31.0. The molecule has 51 heavy (non-hydrogen) atoms. The van der Waals surface area contributed by atoms with Gasteiger partial charge in [0, 0.05) is 6.61 Å². The monoisotopic (exact) mass is 695 g/mol. The Morgan fingerprint density at radius 1 is 0.608 bits per heavy atom. The smallest absolute Gasteiger partial charge is 0.354 e. The minimum absolute atomic E-state index is 0.102. The van der Waals surface area contributed by atoms with Gasteiger partial charge < -0.3 is 18.9 Å². The standard InChI is InChI=1S/C44H57NO6/c1-4-6-8-10-11-12-13-14-16-18-32-49-40-25-19-36(20-26-40)33-39(34-45)44(47)51-42-29-23-38(24-30-42)37-21-27-41(28-22-37)50-43(46)35(3)48-31-17-15-9-7-5-2/h19-30,33,35H,4-18,31-32H2,1-3H3/b39-33+. The van der Waals surface area contributed by atoms with Crippen molar-refractivity contribution in [2.75, 3.05) is 13.2 Å². The van der Waals surface area contributed by atoms with Gasteiger partial charge in [-0.05, 0) is 78.9 Å². The van der Waals surface area contributed by atoms with Crippen LogP contribution in [0.1, 0.15) is 123 Å². The summed E-state index contributed by atoms with van der Waals surface area (Å²) in [6, 6.07) is 23.5. The summed E-state index contributed by atoms with van der Waals surface area (Å²) >= 11 is 0. The Morgan fingerprint density at radius 3 is 1.57 bits per heavy atom. The van der Waals surface area contributed by atoms with Crippen LogP contribution in [0.15, 0.2) is 78.4 Å². The lowest BCUT2D eigenvalue weighted by molar-refractivity contribution is -0.146. The molecule has 3 aromatic rings. The molecule has 1 atom stereocenters. The lowest BCUT2D eigenvalue weighted by atomic mass is 10.1. The highest BCUT2D eigenvalue weighted by atomic mass is 16.6. The highest BCUT2D eigenvalue weighted by Gasteiger charge is 2.16. The van der Waals surface area contributed by atoms with Gasteiger partial charge >= 0.3 is 11.9 Å². The molecule has 3 rings (SSSR count). The first kappa shape index (κ1) is 41.0. The molecule has 0 aromatic heterocycles. The first-order valence-corrected chi connectivity index (χ1v) is 19.0. The normalized spacial score (nSPS) is 11.8. The van der Waals surface area contributed by atoms with Crippen molar-refractivity contribution in [3.05, 3.63) is 83.9 Å². The number of esters is 2. The van der Waals surface area contributed by atoms with Gasteiger partial charge in [-0.3, -0.25) is 0 Å². The molecule has 3 aromatic carbocycles. The highest BCUT2D eigenvalue weighted by molar-refractivity contribution is 5.99. The second kappa shape index (κ2) is 24.7. The maximum Gasteiger partial charge on any atom is 0.354 e. The Labute approximate surface area is 306 Å². The first-order valence-electron chi connectivity index (χ1n) is 19.0. The van der Waals surface area contributed by atoms with Gasteiger partial charge in [0.1, 0.15) is 28.9 Å². The van der Waals surface area contributed by atoms with Crippen molar-refractivity contribution in [1.82, 2.24) is 0 Å². The molecule has 0 saturated heterocycles. The highest BCUT2D eigenvalue weighted by Crippen LogP contribution is 2.26. The summed E-state index contributed by atoms with van der Waals surface area (Å²) in [4.78, 5) is 25.2. The molecule has 0 aliphatic rings. The average Bonchev–Trinajstić information content (AvgIpc) is 3.15. The quantitative estimate of drug-likeness (QED) is 0.0286. The van der Waals surface area contributed by atoms with E-state index in [4.69, 9.17) is 18.9 Å². The van der Waals surface area contributed by atoms with Crippen molar-refractivity contribution < 1.29 is 28.5 Å². The molecule has 0 N–H and O–H groups in total. The van der Waals surface area contributed by atoms with Crippen LogP contribution in [-0.2, 0) is 14.3 Å². The fourth-order valence-electron chi connectivity index (χ4n) is 5.57. The van der Waals surface area contributed by atoms with Crippen LogP contribution in [0.2, 0.25) is 0 Å². The van der Waals surface area contributed by atoms with Crippen LogP contribution < -0.4 is 14.2 Å². The van der Waals surface area contributed by atoms with E-state index in [1.165, 1.54) is 83.1 Å². The minimum atomic E-state index is -0.729. The Balaban J connectivity index is 1.40. The lowest BCUT2D eigenvalue weighted by Crippen LogP contribution is -2.26. The molecular weight excluding hydrogens is 638 g/mol. The predicted molar refractivity (Wildman–Crippen MR) is 205 cm³/mol. The summed E-state index contributed by atoms with van der Waals surface area (Å²) in [5.74, 6) is 0.380. The van der Waals surface area contributed by atoms with E-state index in [2.05, 4.69) is 13.8 Å². The van der Waals surface area contributed by atoms with Crippen molar-refractivity contribution in [2.45, 2.75) is 123 Å². The molecule has 0 aliphatic carbocycles. The maximum absolute atomic E-state index is 12.8. The largest absolute Gasteiger partial charge is 0.494 e. The molecule has 0 radical (unpaired) electrons. The second-order valence-electron chi connectivity index (χ2n) is 13.1. The van der Waals surface area contributed by atoms with E-state index in [0.29, 0.717) is 30.3 Å². The van der Waals surface area contributed by atoms with Gasteiger partial charge in [-0.2, -0.15) is 5.26 Å². The van der Waals surface area contributed by atoms with E-state index in [-0.39, 0.29) is 5.57 Å². The van der Waals surface area contributed by atoms with E-state index in [9.17, 15) is 14.9 Å². The van der Waals surface area contributed by atoms with Crippen LogP contribution >= 0.6 is 0 Å². The van der Waals surface area contributed by atoms with Gasteiger partial charge in [0.15, 0.2) is 6.10 Å². The van der Waals surface area contributed by atoms with Gasteiger partial charge in [0.05, 0.1) is 6.61 Å². The summed E-state index contributed by atoms with van der Waals surface area (Å²) in [5.41, 5.74) is 2.39. The molecule has 7 nitrogen and oxygen atoms in total. The van der Waals surface area contributed by atoms with Gasteiger partial charge in [-0.15, -0.1) is 0 Å². The third kappa shape index (κ3) is 16.4. The topological polar surface area (TPSA) is 94.9 Å². The number of ether oxygens (including phenoxy) is 4. The average molecular weight is 696 g/mol. The Kier molecular flexibility index (Phi) is 19.9. The molecule has 0 spiro atoms. The molecule has 7 heteroatoms. The zero-order chi connectivity index (χ0) is 36.5. The van der Waals surface area contributed by atoms with Gasteiger partial charge in [-0.1, -0.05) is 134 Å². The zero-order valence-electron chi connectivity index (χ0n) is 31.0. The number of carbonyl (C=O) groups is 2. The molecule has 0 aliphatic heterocycles. The fraction of sp³-hybridized carbons (Fsp3) is 0.477. The molecule has 0 saturated carbocycles. The molecule has 1 unspecified atom stereocenters. The Morgan fingerprint density at radius 2 is 1.06 bits per heavy atom. The molecular formula is C44H57NO6. The fourth-order valence-corrected chi connectivity index (χ4v) is 5.57. The first-order chi connectivity index (χ1) is 24.9. The lowest BCUT2D eigenvalue weighted by Gasteiger charge is -2.13. The molecule has 0 amide bonds. The number of unbranched alkanes of at least 4 members (excludes halogenated alkanes) is 13. The predicted octanol–water partition coefficient (Wildman–Crippen LogP) is 11.4. The van der Waals surface area contributed by atoms with Crippen molar-refractivity contribution >= 4 is 18.0 Å². The van der Waals surface area contributed by atoms with Gasteiger partial charge in [0.2, 0.25) is 0 Å². The van der Waals surface area contributed by atoms with Gasteiger partial charge in [0.25, 0.3) is 0 Å². The Bertz CT molecular complexity index is 1490. The van der Waals surface area contributed by atoms with Crippen LogP contribution in [-0.4, -0.2) is 31.3 Å². The number of carbonyl (C=O) groups excluding carboxylic acids is 2. The number of benzene rings is 3.